The van der Waals surface area contributed by atoms with E-state index < -0.39 is 11.7 Å². The number of hydrogen-bond acceptors (Lipinski definition) is 3. The first-order chi connectivity index (χ1) is 10.4. The Kier molecular flexibility index (Phi) is 3.86. The fourth-order valence-corrected chi connectivity index (χ4v) is 3.33. The molecule has 2 N–H and O–H groups in total. The van der Waals surface area contributed by atoms with Crippen molar-refractivity contribution < 1.29 is 18.0 Å². The molecule has 2 aliphatic heterocycles. The van der Waals surface area contributed by atoms with Crippen LogP contribution in [0.25, 0.3) is 0 Å². The number of hydrazine groups is 1. The molecule has 2 heterocycles. The van der Waals surface area contributed by atoms with Crippen molar-refractivity contribution in [2.24, 2.45) is 5.92 Å². The zero-order valence-electron chi connectivity index (χ0n) is 12.2. The monoisotopic (exact) mass is 313 g/mol. The summed E-state index contributed by atoms with van der Waals surface area (Å²) in [5.74, 6) is 0.0780. The van der Waals surface area contributed by atoms with E-state index in [0.717, 1.165) is 12.5 Å². The largest absolute Gasteiger partial charge is 0.416 e. The number of nitrogens with zero attached hydrogens (tertiary/aromatic N) is 1. The van der Waals surface area contributed by atoms with Gasteiger partial charge >= 0.3 is 6.18 Å². The lowest BCUT2D eigenvalue weighted by Gasteiger charge is -2.35. The fraction of sp³-hybridized carbons (Fsp3) is 0.533. The summed E-state index contributed by atoms with van der Waals surface area (Å²) in [7, 11) is 0. The van der Waals surface area contributed by atoms with Gasteiger partial charge in [-0.15, -0.1) is 0 Å². The van der Waals surface area contributed by atoms with Gasteiger partial charge in [0, 0.05) is 32.0 Å². The second kappa shape index (κ2) is 5.55. The maximum absolute atomic E-state index is 12.9. The highest BCUT2D eigenvalue weighted by molar-refractivity contribution is 5.73. The minimum atomic E-state index is -4.35. The normalized spacial score (nSPS) is 28.5. The molecular weight excluding hydrogens is 295 g/mol. The van der Waals surface area contributed by atoms with Gasteiger partial charge in [-0.2, -0.15) is 13.2 Å². The standard InChI is InChI=1S/C15H18F3N3O/c1-9(22)21-6-5-13-12(8-21)14(20-19-13)10-3-2-4-11(7-10)15(16,17)18/h2-4,7,12-14,19-20H,5-6,8H2,1H3. The number of carbonyl (C=O) groups is 1. The lowest BCUT2D eigenvalue weighted by Crippen LogP contribution is -2.47. The van der Waals surface area contributed by atoms with Crippen LogP contribution >= 0.6 is 0 Å². The summed E-state index contributed by atoms with van der Waals surface area (Å²) < 4.78 is 38.6. The van der Waals surface area contributed by atoms with Gasteiger partial charge in [0.25, 0.3) is 0 Å². The molecular formula is C15H18F3N3O. The van der Waals surface area contributed by atoms with Gasteiger partial charge in [0.2, 0.25) is 5.91 Å². The van der Waals surface area contributed by atoms with Crippen molar-refractivity contribution in [3.05, 3.63) is 35.4 Å². The van der Waals surface area contributed by atoms with Crippen molar-refractivity contribution in [1.29, 1.82) is 0 Å². The van der Waals surface area contributed by atoms with Crippen LogP contribution in [0.15, 0.2) is 24.3 Å². The maximum Gasteiger partial charge on any atom is 0.416 e. The summed E-state index contributed by atoms with van der Waals surface area (Å²) in [6.45, 7) is 2.76. The van der Waals surface area contributed by atoms with Crippen LogP contribution < -0.4 is 10.9 Å². The number of carbonyl (C=O) groups excluding carboxylic acids is 1. The molecule has 0 radical (unpaired) electrons. The first-order valence-electron chi connectivity index (χ1n) is 7.30. The highest BCUT2D eigenvalue weighted by Crippen LogP contribution is 2.36. The van der Waals surface area contributed by atoms with Crippen molar-refractivity contribution in [2.45, 2.75) is 31.6 Å². The van der Waals surface area contributed by atoms with Gasteiger partial charge in [0.1, 0.15) is 0 Å². The number of alkyl halides is 3. The number of halogens is 3. The van der Waals surface area contributed by atoms with Crippen molar-refractivity contribution in [3.63, 3.8) is 0 Å². The smallest absolute Gasteiger partial charge is 0.342 e. The van der Waals surface area contributed by atoms with Crippen LogP contribution in [0.4, 0.5) is 13.2 Å². The number of likely N-dealkylation sites (tertiary alicyclic amines) is 1. The average Bonchev–Trinajstić information content (AvgIpc) is 2.89. The van der Waals surface area contributed by atoms with E-state index in [9.17, 15) is 18.0 Å². The van der Waals surface area contributed by atoms with E-state index >= 15 is 0 Å². The summed E-state index contributed by atoms with van der Waals surface area (Å²) in [5.41, 5.74) is 6.21. The SMILES string of the molecule is CC(=O)N1CCC2NNC(c3cccc(C(F)(F)F)c3)C2C1. The minimum absolute atomic E-state index is 0.00754. The molecule has 4 nitrogen and oxygen atoms in total. The molecule has 0 saturated carbocycles. The van der Waals surface area contributed by atoms with Crippen LogP contribution in [0.5, 0.6) is 0 Å². The second-order valence-electron chi connectivity index (χ2n) is 5.91. The van der Waals surface area contributed by atoms with Crippen molar-refractivity contribution >= 4 is 5.91 Å². The number of fused-ring (bicyclic) bond motifs is 1. The molecule has 0 bridgehead atoms. The van der Waals surface area contributed by atoms with Gasteiger partial charge < -0.3 is 4.90 Å². The lowest BCUT2D eigenvalue weighted by molar-refractivity contribution is -0.137. The predicted octanol–water partition coefficient (Wildman–Crippen LogP) is 2.09. The Bertz CT molecular complexity index is 575. The molecule has 120 valence electrons. The fourth-order valence-electron chi connectivity index (χ4n) is 3.33. The Morgan fingerprint density at radius 1 is 1.32 bits per heavy atom. The van der Waals surface area contributed by atoms with Crippen LogP contribution in [-0.2, 0) is 11.0 Å². The number of benzene rings is 1. The molecule has 3 unspecified atom stereocenters. The highest BCUT2D eigenvalue weighted by atomic mass is 19.4. The Labute approximate surface area is 126 Å². The summed E-state index contributed by atoms with van der Waals surface area (Å²) in [4.78, 5) is 13.3. The van der Waals surface area contributed by atoms with Gasteiger partial charge in [-0.05, 0) is 24.1 Å². The van der Waals surface area contributed by atoms with E-state index in [1.807, 2.05) is 0 Å². The van der Waals surface area contributed by atoms with Gasteiger partial charge in [-0.25, -0.2) is 5.43 Å². The molecule has 1 aromatic rings. The van der Waals surface area contributed by atoms with Crippen LogP contribution in [0.2, 0.25) is 0 Å². The summed E-state index contributed by atoms with van der Waals surface area (Å²) >= 11 is 0. The highest BCUT2D eigenvalue weighted by Gasteiger charge is 2.41. The Morgan fingerprint density at radius 2 is 2.09 bits per heavy atom. The Morgan fingerprint density at radius 3 is 2.77 bits per heavy atom. The molecule has 0 spiro atoms. The zero-order valence-corrected chi connectivity index (χ0v) is 12.2. The minimum Gasteiger partial charge on any atom is -0.342 e. The second-order valence-corrected chi connectivity index (χ2v) is 5.91. The topological polar surface area (TPSA) is 44.4 Å². The maximum atomic E-state index is 12.9. The molecule has 22 heavy (non-hydrogen) atoms. The first kappa shape index (κ1) is 15.3. The first-order valence-corrected chi connectivity index (χ1v) is 7.30. The summed E-state index contributed by atoms with van der Waals surface area (Å²) in [5, 5.41) is 0. The van der Waals surface area contributed by atoms with Gasteiger partial charge in [-0.3, -0.25) is 10.2 Å². The third-order valence-electron chi connectivity index (χ3n) is 4.53. The summed E-state index contributed by atoms with van der Waals surface area (Å²) in [6, 6.07) is 5.34. The molecule has 7 heteroatoms. The quantitative estimate of drug-likeness (QED) is 0.834. The van der Waals surface area contributed by atoms with Crippen LogP contribution in [-0.4, -0.2) is 29.9 Å². The number of hydrogen-bond donors (Lipinski definition) is 2. The Hall–Kier alpha value is -1.60. The predicted molar refractivity (Wildman–Crippen MR) is 74.6 cm³/mol. The van der Waals surface area contributed by atoms with Crippen molar-refractivity contribution in [2.75, 3.05) is 13.1 Å². The molecule has 2 fully saturated rings. The van der Waals surface area contributed by atoms with Crippen molar-refractivity contribution in [1.82, 2.24) is 15.8 Å². The average molecular weight is 313 g/mol. The molecule has 3 atom stereocenters. The molecule has 2 aliphatic rings. The Balaban J connectivity index is 1.84. The van der Waals surface area contributed by atoms with E-state index in [1.165, 1.54) is 19.1 Å². The molecule has 2 saturated heterocycles. The number of amides is 1. The third-order valence-corrected chi connectivity index (χ3v) is 4.53. The molecule has 0 aromatic heterocycles. The molecule has 1 aromatic carbocycles. The number of nitrogens with one attached hydrogen (secondary N) is 2. The number of rotatable bonds is 1. The van der Waals surface area contributed by atoms with Crippen LogP contribution in [0.3, 0.4) is 0 Å². The molecule has 3 rings (SSSR count). The van der Waals surface area contributed by atoms with E-state index in [2.05, 4.69) is 10.9 Å². The van der Waals surface area contributed by atoms with E-state index in [1.54, 1.807) is 11.0 Å². The van der Waals surface area contributed by atoms with E-state index in [0.29, 0.717) is 18.7 Å². The molecule has 0 aliphatic carbocycles. The van der Waals surface area contributed by atoms with Gasteiger partial charge in [0.05, 0.1) is 11.6 Å². The third kappa shape index (κ3) is 2.83. The lowest BCUT2D eigenvalue weighted by atomic mass is 9.84. The van der Waals surface area contributed by atoms with E-state index in [-0.39, 0.29) is 23.9 Å². The van der Waals surface area contributed by atoms with E-state index in [4.69, 9.17) is 0 Å². The van der Waals surface area contributed by atoms with Crippen LogP contribution in [0.1, 0.15) is 30.5 Å². The number of piperidine rings is 1. The van der Waals surface area contributed by atoms with Crippen molar-refractivity contribution in [3.8, 4) is 0 Å². The molecule has 1 amide bonds. The van der Waals surface area contributed by atoms with Gasteiger partial charge in [0.15, 0.2) is 0 Å². The summed E-state index contributed by atoms with van der Waals surface area (Å²) in [6.07, 6.45) is -3.55. The zero-order chi connectivity index (χ0) is 15.9. The van der Waals surface area contributed by atoms with Gasteiger partial charge in [-0.1, -0.05) is 12.1 Å². The van der Waals surface area contributed by atoms with Crippen LogP contribution in [0, 0.1) is 5.92 Å².